The average molecular weight is 210 g/mol. The van der Waals surface area contributed by atoms with Crippen LogP contribution in [0.5, 0.6) is 0 Å². The lowest BCUT2D eigenvalue weighted by Gasteiger charge is -1.81. The Morgan fingerprint density at radius 2 is 1.00 bits per heavy atom. The Kier molecular flexibility index (Phi) is 42.1. The zero-order chi connectivity index (χ0) is 5.11. The maximum atomic E-state index is 4.08. The molecule has 6 heteroatoms. The van der Waals surface area contributed by atoms with Gasteiger partial charge in [0, 0.05) is 4.90 Å². The van der Waals surface area contributed by atoms with Gasteiger partial charge in [0.2, 0.25) is 0 Å². The summed E-state index contributed by atoms with van der Waals surface area (Å²) in [5.41, 5.74) is 0. The summed E-state index contributed by atoms with van der Waals surface area (Å²) in [5.74, 6) is 0. The van der Waals surface area contributed by atoms with Gasteiger partial charge in [0.15, 0.2) is 0 Å². The van der Waals surface area contributed by atoms with E-state index in [2.05, 4.69) is 12.6 Å². The maximum absolute atomic E-state index is 4.08. The molecule has 0 aromatic heterocycles. The van der Waals surface area contributed by atoms with Gasteiger partial charge >= 0.3 is 0 Å². The van der Waals surface area contributed by atoms with Crippen molar-refractivity contribution in [3.05, 3.63) is 30.3 Å². The number of halogens is 5. The molecule has 0 fully saturated rings. The smallest absolute Gasteiger partial charge is 0.00399 e. The SMILES string of the molecule is F.F.F.F.F.Sc1ccccc1. The van der Waals surface area contributed by atoms with Crippen LogP contribution in [0.1, 0.15) is 0 Å². The lowest BCUT2D eigenvalue weighted by atomic mass is 10.4. The number of hydrogen-bond donors (Lipinski definition) is 1. The fourth-order valence-corrected chi connectivity index (χ4v) is 0.600. The van der Waals surface area contributed by atoms with Crippen LogP contribution in [0.15, 0.2) is 35.2 Å². The highest BCUT2D eigenvalue weighted by Crippen LogP contribution is 2.00. The summed E-state index contributed by atoms with van der Waals surface area (Å²) in [5, 5.41) is 0. The summed E-state index contributed by atoms with van der Waals surface area (Å²) in [7, 11) is 0. The molecule has 0 spiro atoms. The number of benzene rings is 1. The molecule has 0 amide bonds. The molecule has 0 unspecified atom stereocenters. The Balaban J connectivity index is -0.0000000327. The fourth-order valence-electron chi connectivity index (χ4n) is 0.428. The monoisotopic (exact) mass is 210 g/mol. The molecule has 0 radical (unpaired) electrons. The van der Waals surface area contributed by atoms with Crippen molar-refractivity contribution in [1.82, 2.24) is 0 Å². The molecular formula is C6H11F5S. The van der Waals surface area contributed by atoms with Crippen molar-refractivity contribution in [3.63, 3.8) is 0 Å². The molecule has 0 atom stereocenters. The van der Waals surface area contributed by atoms with Gasteiger partial charge in [-0.25, -0.2) is 0 Å². The summed E-state index contributed by atoms with van der Waals surface area (Å²) >= 11 is 4.08. The first kappa shape index (κ1) is 30.3. The minimum absolute atomic E-state index is 0. The standard InChI is InChI=1S/C6H6S.5FH/c7-6-4-2-1-3-5-6;;;;;/h1-5,7H;5*1H. The van der Waals surface area contributed by atoms with Gasteiger partial charge in [-0.1, -0.05) is 18.2 Å². The van der Waals surface area contributed by atoms with Gasteiger partial charge in [-0.15, -0.1) is 12.6 Å². The molecule has 0 saturated heterocycles. The molecule has 0 N–H and O–H groups in total. The Morgan fingerprint density at radius 3 is 1.17 bits per heavy atom. The zero-order valence-electron chi connectivity index (χ0n) is 5.88. The largest absolute Gasteiger partial charge is 0.269 e. The summed E-state index contributed by atoms with van der Waals surface area (Å²) in [6, 6.07) is 9.79. The highest BCUT2D eigenvalue weighted by Gasteiger charge is 1.73. The van der Waals surface area contributed by atoms with E-state index >= 15 is 0 Å². The zero-order valence-corrected chi connectivity index (χ0v) is 6.77. The third kappa shape index (κ3) is 12.0. The Morgan fingerprint density at radius 1 is 0.667 bits per heavy atom. The minimum Gasteiger partial charge on any atom is -0.269 e. The van der Waals surface area contributed by atoms with Crippen LogP contribution in [-0.2, 0) is 0 Å². The van der Waals surface area contributed by atoms with E-state index in [1.54, 1.807) is 0 Å². The second kappa shape index (κ2) is 16.7. The van der Waals surface area contributed by atoms with Gasteiger partial charge in [0.1, 0.15) is 0 Å². The first-order valence-corrected chi connectivity index (χ1v) is 2.58. The van der Waals surface area contributed by atoms with Gasteiger partial charge in [-0.3, -0.25) is 23.5 Å². The van der Waals surface area contributed by atoms with E-state index in [1.807, 2.05) is 30.3 Å². The topological polar surface area (TPSA) is 0 Å². The van der Waals surface area contributed by atoms with Crippen molar-refractivity contribution in [1.29, 1.82) is 0 Å². The summed E-state index contributed by atoms with van der Waals surface area (Å²) in [6.07, 6.45) is 0. The van der Waals surface area contributed by atoms with E-state index in [0.29, 0.717) is 0 Å². The molecule has 1 aromatic carbocycles. The Hall–Kier alpha value is -0.780. The quantitative estimate of drug-likeness (QED) is 0.494. The molecule has 1 rings (SSSR count). The van der Waals surface area contributed by atoms with Crippen molar-refractivity contribution < 1.29 is 23.5 Å². The van der Waals surface area contributed by atoms with Crippen LogP contribution in [-0.4, -0.2) is 0 Å². The second-order valence-corrected chi connectivity index (χ2v) is 1.85. The first-order valence-electron chi connectivity index (χ1n) is 2.13. The first-order chi connectivity index (χ1) is 3.39. The van der Waals surface area contributed by atoms with Crippen LogP contribution in [0, 0.1) is 0 Å². The molecule has 0 aliphatic carbocycles. The summed E-state index contributed by atoms with van der Waals surface area (Å²) in [4.78, 5) is 1.02. The van der Waals surface area contributed by atoms with E-state index in [-0.39, 0.29) is 23.5 Å². The average Bonchev–Trinajstić information content (AvgIpc) is 1.69. The molecule has 0 bridgehead atoms. The maximum Gasteiger partial charge on any atom is 0.00399 e. The Labute approximate surface area is 72.2 Å². The van der Waals surface area contributed by atoms with Gasteiger partial charge in [-0.05, 0) is 12.1 Å². The van der Waals surface area contributed by atoms with Crippen LogP contribution >= 0.6 is 12.6 Å². The molecule has 0 saturated carbocycles. The van der Waals surface area contributed by atoms with E-state index in [1.165, 1.54) is 0 Å². The van der Waals surface area contributed by atoms with Crippen molar-refractivity contribution in [2.24, 2.45) is 0 Å². The number of rotatable bonds is 0. The highest BCUT2D eigenvalue weighted by atomic mass is 32.1. The van der Waals surface area contributed by atoms with Crippen LogP contribution in [0.4, 0.5) is 23.5 Å². The number of hydrogen-bond acceptors (Lipinski definition) is 1. The predicted molar refractivity (Wildman–Crippen MR) is 46.2 cm³/mol. The van der Waals surface area contributed by atoms with Crippen LogP contribution in [0.25, 0.3) is 0 Å². The van der Waals surface area contributed by atoms with Crippen LogP contribution < -0.4 is 0 Å². The van der Waals surface area contributed by atoms with Crippen molar-refractivity contribution in [3.8, 4) is 0 Å². The number of thiol groups is 1. The Bertz CT molecular complexity index is 146. The summed E-state index contributed by atoms with van der Waals surface area (Å²) in [6.45, 7) is 0. The molecule has 0 nitrogen and oxygen atoms in total. The third-order valence-electron chi connectivity index (χ3n) is 0.756. The van der Waals surface area contributed by atoms with Crippen molar-refractivity contribution in [2.75, 3.05) is 0 Å². The van der Waals surface area contributed by atoms with E-state index < -0.39 is 0 Å². The lowest BCUT2D eigenvalue weighted by Crippen LogP contribution is -1.56. The van der Waals surface area contributed by atoms with Crippen molar-refractivity contribution >= 4 is 12.6 Å². The van der Waals surface area contributed by atoms with Gasteiger partial charge in [0.05, 0.1) is 0 Å². The lowest BCUT2D eigenvalue weighted by molar-refractivity contribution is 1.11. The van der Waals surface area contributed by atoms with E-state index in [9.17, 15) is 0 Å². The third-order valence-corrected chi connectivity index (χ3v) is 1.05. The molecule has 0 heterocycles. The van der Waals surface area contributed by atoms with Gasteiger partial charge in [0.25, 0.3) is 0 Å². The van der Waals surface area contributed by atoms with E-state index in [4.69, 9.17) is 0 Å². The molecule has 0 aliphatic heterocycles. The molecule has 1 aromatic rings. The molecule has 0 aliphatic rings. The summed E-state index contributed by atoms with van der Waals surface area (Å²) < 4.78 is 0. The van der Waals surface area contributed by atoms with E-state index in [0.717, 1.165) is 4.90 Å². The minimum atomic E-state index is 0. The van der Waals surface area contributed by atoms with Gasteiger partial charge < -0.3 is 0 Å². The van der Waals surface area contributed by atoms with Crippen molar-refractivity contribution in [2.45, 2.75) is 4.90 Å². The molecular weight excluding hydrogens is 199 g/mol. The normalized spacial score (nSPS) is 5.08. The predicted octanol–water partition coefficient (Wildman–Crippen LogP) is 2.74. The second-order valence-electron chi connectivity index (χ2n) is 1.34. The fraction of sp³-hybridized carbons (Fsp3) is 0. The molecule has 76 valence electrons. The van der Waals surface area contributed by atoms with Gasteiger partial charge in [-0.2, -0.15) is 0 Å². The highest BCUT2D eigenvalue weighted by molar-refractivity contribution is 7.80. The van der Waals surface area contributed by atoms with Crippen LogP contribution in [0.3, 0.4) is 0 Å². The molecule has 12 heavy (non-hydrogen) atoms. The van der Waals surface area contributed by atoms with Crippen LogP contribution in [0.2, 0.25) is 0 Å².